The number of unbranched alkanes of at least 4 members (excludes halogenated alkanes) is 5. The Hall–Kier alpha value is -2.77. The molecule has 3 unspecified atom stereocenters. The SMILES string of the molecule is CCCCCCCCN(C(=O)C(NC(=O)OC(C)(C)C)C(C)C)C(C(=O)NC(C)CCC)c1ccc(O)cc1. The van der Waals surface area contributed by atoms with Gasteiger partial charge in [-0.2, -0.15) is 0 Å². The van der Waals surface area contributed by atoms with Gasteiger partial charge in [0.15, 0.2) is 0 Å². The maximum atomic E-state index is 14.2. The van der Waals surface area contributed by atoms with Crippen LogP contribution in [0.25, 0.3) is 0 Å². The molecule has 3 N–H and O–H groups in total. The van der Waals surface area contributed by atoms with Crippen LogP contribution in [0.1, 0.15) is 118 Å². The van der Waals surface area contributed by atoms with Gasteiger partial charge in [-0.15, -0.1) is 0 Å². The molecule has 1 aromatic carbocycles. The summed E-state index contributed by atoms with van der Waals surface area (Å²) in [6.07, 6.45) is 7.25. The van der Waals surface area contributed by atoms with Crippen molar-refractivity contribution in [2.75, 3.05) is 6.54 Å². The summed E-state index contributed by atoms with van der Waals surface area (Å²) >= 11 is 0. The summed E-state index contributed by atoms with van der Waals surface area (Å²) in [7, 11) is 0. The van der Waals surface area contributed by atoms with E-state index in [9.17, 15) is 19.5 Å². The van der Waals surface area contributed by atoms with E-state index in [0.717, 1.165) is 44.9 Å². The van der Waals surface area contributed by atoms with Gasteiger partial charge in [0, 0.05) is 12.6 Å². The number of hydrogen-bond acceptors (Lipinski definition) is 5. The predicted molar refractivity (Wildman–Crippen MR) is 156 cm³/mol. The third kappa shape index (κ3) is 12.8. The van der Waals surface area contributed by atoms with Gasteiger partial charge in [-0.3, -0.25) is 9.59 Å². The standard InChI is InChI=1S/C31H53N3O5/c1-9-11-12-13-14-15-21-34(29(37)26(22(3)4)33-30(38)39-31(6,7)8)27(24-17-19-25(35)20-18-24)28(36)32-23(5)16-10-2/h17-20,22-23,26-27,35H,9-16,21H2,1-8H3,(H,32,36)(H,33,38). The van der Waals surface area contributed by atoms with Crippen LogP contribution < -0.4 is 10.6 Å². The van der Waals surface area contributed by atoms with Gasteiger partial charge in [0.05, 0.1) is 0 Å². The third-order valence-corrected chi connectivity index (χ3v) is 6.52. The maximum Gasteiger partial charge on any atom is 0.408 e. The second-order valence-corrected chi connectivity index (χ2v) is 11.9. The number of hydrogen-bond donors (Lipinski definition) is 3. The fourth-order valence-corrected chi connectivity index (χ4v) is 4.51. The fraction of sp³-hybridized carbons (Fsp3) is 0.710. The molecule has 8 nitrogen and oxygen atoms in total. The summed E-state index contributed by atoms with van der Waals surface area (Å²) in [5.74, 6) is -0.765. The number of benzene rings is 1. The second kappa shape index (κ2) is 17.0. The topological polar surface area (TPSA) is 108 Å². The van der Waals surface area contributed by atoms with E-state index in [4.69, 9.17) is 4.74 Å². The lowest BCUT2D eigenvalue weighted by molar-refractivity contribution is -0.143. The predicted octanol–water partition coefficient (Wildman–Crippen LogP) is 6.48. The summed E-state index contributed by atoms with van der Waals surface area (Å²) in [4.78, 5) is 42.2. The number of ether oxygens (including phenoxy) is 1. The molecule has 0 aliphatic rings. The first-order chi connectivity index (χ1) is 18.3. The zero-order chi connectivity index (χ0) is 29.6. The highest BCUT2D eigenvalue weighted by atomic mass is 16.6. The summed E-state index contributed by atoms with van der Waals surface area (Å²) in [5.41, 5.74) is -0.107. The van der Waals surface area contributed by atoms with Crippen LogP contribution in [0.4, 0.5) is 4.79 Å². The molecule has 1 aromatic rings. The number of phenols is 1. The number of amides is 3. The number of nitrogens with zero attached hydrogens (tertiary/aromatic N) is 1. The largest absolute Gasteiger partial charge is 0.508 e. The number of rotatable bonds is 16. The lowest BCUT2D eigenvalue weighted by Gasteiger charge is -2.36. The van der Waals surface area contributed by atoms with E-state index in [1.165, 1.54) is 18.6 Å². The molecule has 0 spiro atoms. The third-order valence-electron chi connectivity index (χ3n) is 6.52. The van der Waals surface area contributed by atoms with Crippen LogP contribution in [0.2, 0.25) is 0 Å². The number of nitrogens with one attached hydrogen (secondary N) is 2. The molecule has 3 amide bonds. The van der Waals surface area contributed by atoms with Gasteiger partial charge in [0.2, 0.25) is 11.8 Å². The lowest BCUT2D eigenvalue weighted by atomic mass is 9.98. The van der Waals surface area contributed by atoms with Crippen molar-refractivity contribution in [3.63, 3.8) is 0 Å². The average molecular weight is 548 g/mol. The Kier molecular flexibility index (Phi) is 15.0. The molecule has 8 heteroatoms. The van der Waals surface area contributed by atoms with Crippen LogP contribution in [-0.2, 0) is 14.3 Å². The Bertz CT molecular complexity index is 879. The van der Waals surface area contributed by atoms with Crippen LogP contribution in [-0.4, -0.2) is 52.1 Å². The molecule has 0 aliphatic carbocycles. The van der Waals surface area contributed by atoms with E-state index in [1.807, 2.05) is 20.8 Å². The zero-order valence-corrected chi connectivity index (χ0v) is 25.5. The molecule has 0 heterocycles. The van der Waals surface area contributed by atoms with Crippen molar-refractivity contribution >= 4 is 17.9 Å². The van der Waals surface area contributed by atoms with Crippen molar-refractivity contribution in [1.82, 2.24) is 15.5 Å². The molecule has 222 valence electrons. The van der Waals surface area contributed by atoms with Crippen molar-refractivity contribution in [3.05, 3.63) is 29.8 Å². The van der Waals surface area contributed by atoms with Gasteiger partial charge >= 0.3 is 6.09 Å². The first-order valence-corrected chi connectivity index (χ1v) is 14.7. The van der Waals surface area contributed by atoms with Crippen LogP contribution in [0.5, 0.6) is 5.75 Å². The number of phenolic OH excluding ortho intramolecular Hbond substituents is 1. The summed E-state index contributed by atoms with van der Waals surface area (Å²) in [6, 6.07) is 4.56. The van der Waals surface area contributed by atoms with E-state index < -0.39 is 23.8 Å². The molecule has 39 heavy (non-hydrogen) atoms. The highest BCUT2D eigenvalue weighted by Gasteiger charge is 2.37. The first kappa shape index (κ1) is 34.3. The minimum atomic E-state index is -0.908. The van der Waals surface area contributed by atoms with Crippen LogP contribution >= 0.6 is 0 Å². The molecule has 0 saturated carbocycles. The molecule has 3 atom stereocenters. The molecule has 1 rings (SSSR count). The zero-order valence-electron chi connectivity index (χ0n) is 25.5. The molecule has 0 bridgehead atoms. The second-order valence-electron chi connectivity index (χ2n) is 11.9. The molecule has 0 saturated heterocycles. The van der Waals surface area contributed by atoms with Crippen molar-refractivity contribution in [2.45, 2.75) is 130 Å². The summed E-state index contributed by atoms with van der Waals surface area (Å²) in [5, 5.41) is 15.7. The van der Waals surface area contributed by atoms with Gasteiger partial charge in [-0.25, -0.2) is 4.79 Å². The molecule has 0 fully saturated rings. The fourth-order valence-electron chi connectivity index (χ4n) is 4.51. The number of aromatic hydroxyl groups is 1. The van der Waals surface area contributed by atoms with E-state index in [0.29, 0.717) is 12.1 Å². The molecule has 0 aromatic heterocycles. The van der Waals surface area contributed by atoms with Gasteiger partial charge < -0.3 is 25.4 Å². The number of alkyl carbamates (subject to hydrolysis) is 1. The normalized spacial score (nSPS) is 13.9. The number of carbonyl (C=O) groups is 3. The number of carbonyl (C=O) groups excluding carboxylic acids is 3. The van der Waals surface area contributed by atoms with E-state index in [-0.39, 0.29) is 29.5 Å². The van der Waals surface area contributed by atoms with Gasteiger partial charge in [-0.1, -0.05) is 78.4 Å². The Balaban J connectivity index is 3.41. The van der Waals surface area contributed by atoms with E-state index in [1.54, 1.807) is 37.8 Å². The van der Waals surface area contributed by atoms with Gasteiger partial charge in [0.25, 0.3) is 0 Å². The van der Waals surface area contributed by atoms with Crippen molar-refractivity contribution in [1.29, 1.82) is 0 Å². The Morgan fingerprint density at radius 3 is 2.03 bits per heavy atom. The molecular formula is C31H53N3O5. The smallest absolute Gasteiger partial charge is 0.408 e. The first-order valence-electron chi connectivity index (χ1n) is 14.7. The minimum Gasteiger partial charge on any atom is -0.508 e. The van der Waals surface area contributed by atoms with Crippen LogP contribution in [0.15, 0.2) is 24.3 Å². The van der Waals surface area contributed by atoms with E-state index >= 15 is 0 Å². The maximum absolute atomic E-state index is 14.2. The quantitative estimate of drug-likeness (QED) is 0.205. The van der Waals surface area contributed by atoms with Crippen molar-refractivity contribution in [3.8, 4) is 5.75 Å². The van der Waals surface area contributed by atoms with Gasteiger partial charge in [0.1, 0.15) is 23.4 Å². The summed E-state index contributed by atoms with van der Waals surface area (Å²) < 4.78 is 5.44. The Morgan fingerprint density at radius 2 is 1.49 bits per heavy atom. The van der Waals surface area contributed by atoms with Crippen molar-refractivity contribution < 1.29 is 24.2 Å². The van der Waals surface area contributed by atoms with Crippen LogP contribution in [0.3, 0.4) is 0 Å². The van der Waals surface area contributed by atoms with E-state index in [2.05, 4.69) is 24.5 Å². The molecule has 0 aliphatic heterocycles. The Labute approximate surface area is 236 Å². The van der Waals surface area contributed by atoms with Gasteiger partial charge in [-0.05, 0) is 64.2 Å². The lowest BCUT2D eigenvalue weighted by Crippen LogP contribution is -2.55. The molecular weight excluding hydrogens is 494 g/mol. The van der Waals surface area contributed by atoms with Crippen molar-refractivity contribution in [2.24, 2.45) is 5.92 Å². The Morgan fingerprint density at radius 1 is 0.897 bits per heavy atom. The average Bonchev–Trinajstić information content (AvgIpc) is 2.83. The highest BCUT2D eigenvalue weighted by molar-refractivity contribution is 5.92. The van der Waals surface area contributed by atoms with Crippen LogP contribution in [0, 0.1) is 5.92 Å². The summed E-state index contributed by atoms with van der Waals surface area (Å²) in [6.45, 7) is 15.6. The highest BCUT2D eigenvalue weighted by Crippen LogP contribution is 2.27. The molecule has 0 radical (unpaired) electrons. The monoisotopic (exact) mass is 547 g/mol. The minimum absolute atomic E-state index is 0.0612.